The van der Waals surface area contributed by atoms with Crippen LogP contribution in [0.2, 0.25) is 0 Å². The van der Waals surface area contributed by atoms with Gasteiger partial charge in [-0.05, 0) is 42.5 Å². The minimum absolute atomic E-state index is 0.424. The van der Waals surface area contributed by atoms with Crippen LogP contribution in [0, 0.1) is 13.8 Å². The average molecular weight is 238 g/mol. The van der Waals surface area contributed by atoms with Crippen LogP contribution in [-0.2, 0) is 6.42 Å². The molecule has 0 aliphatic rings. The SMILES string of the molecule is Cc1ccc(C/C=C/c2ccccc2)c(O)c1C. The fourth-order valence-corrected chi connectivity index (χ4v) is 1.91. The van der Waals surface area contributed by atoms with Gasteiger partial charge in [-0.3, -0.25) is 0 Å². The maximum atomic E-state index is 10.0. The van der Waals surface area contributed by atoms with Crippen LogP contribution in [0.1, 0.15) is 22.3 Å². The van der Waals surface area contributed by atoms with Gasteiger partial charge in [0.15, 0.2) is 0 Å². The minimum Gasteiger partial charge on any atom is -0.507 e. The van der Waals surface area contributed by atoms with Gasteiger partial charge in [-0.25, -0.2) is 0 Å². The molecule has 0 aliphatic heterocycles. The van der Waals surface area contributed by atoms with Crippen molar-refractivity contribution < 1.29 is 5.11 Å². The van der Waals surface area contributed by atoms with E-state index >= 15 is 0 Å². The Balaban J connectivity index is 2.12. The molecule has 0 spiro atoms. The van der Waals surface area contributed by atoms with Gasteiger partial charge in [0.1, 0.15) is 5.75 Å². The van der Waals surface area contributed by atoms with E-state index in [0.29, 0.717) is 5.75 Å². The molecule has 2 aromatic carbocycles. The van der Waals surface area contributed by atoms with Crippen molar-refractivity contribution in [1.82, 2.24) is 0 Å². The second kappa shape index (κ2) is 5.54. The normalized spacial score (nSPS) is 11.0. The number of phenolic OH excluding ortho intramolecular Hbond substituents is 1. The summed E-state index contributed by atoms with van der Waals surface area (Å²) in [4.78, 5) is 0. The molecular weight excluding hydrogens is 220 g/mol. The van der Waals surface area contributed by atoms with Crippen molar-refractivity contribution in [2.75, 3.05) is 0 Å². The Morgan fingerprint density at radius 3 is 2.44 bits per heavy atom. The fraction of sp³-hybridized carbons (Fsp3) is 0.176. The Morgan fingerprint density at radius 2 is 1.72 bits per heavy atom. The van der Waals surface area contributed by atoms with E-state index in [9.17, 15) is 5.11 Å². The molecule has 0 atom stereocenters. The first-order chi connectivity index (χ1) is 8.68. The zero-order valence-corrected chi connectivity index (χ0v) is 10.9. The van der Waals surface area contributed by atoms with Gasteiger partial charge in [0.25, 0.3) is 0 Å². The lowest BCUT2D eigenvalue weighted by molar-refractivity contribution is 0.465. The first-order valence-corrected chi connectivity index (χ1v) is 6.18. The van der Waals surface area contributed by atoms with Gasteiger partial charge < -0.3 is 5.11 Å². The molecule has 18 heavy (non-hydrogen) atoms. The molecule has 0 bridgehead atoms. The van der Waals surface area contributed by atoms with Gasteiger partial charge in [-0.15, -0.1) is 0 Å². The lowest BCUT2D eigenvalue weighted by atomic mass is 10.0. The summed E-state index contributed by atoms with van der Waals surface area (Å²) in [7, 11) is 0. The first-order valence-electron chi connectivity index (χ1n) is 6.18. The molecular formula is C17H18O. The van der Waals surface area contributed by atoms with E-state index in [2.05, 4.69) is 30.4 Å². The van der Waals surface area contributed by atoms with Crippen LogP contribution in [0.15, 0.2) is 48.5 Å². The molecule has 0 saturated heterocycles. The van der Waals surface area contributed by atoms with Crippen molar-refractivity contribution in [3.63, 3.8) is 0 Å². The van der Waals surface area contributed by atoms with Crippen molar-refractivity contribution in [2.24, 2.45) is 0 Å². The van der Waals surface area contributed by atoms with Gasteiger partial charge >= 0.3 is 0 Å². The van der Waals surface area contributed by atoms with Crippen LogP contribution in [0.4, 0.5) is 0 Å². The molecule has 0 aliphatic carbocycles. The summed E-state index contributed by atoms with van der Waals surface area (Å²) in [6.07, 6.45) is 4.91. The lowest BCUT2D eigenvalue weighted by Gasteiger charge is -2.07. The molecule has 1 nitrogen and oxygen atoms in total. The van der Waals surface area contributed by atoms with E-state index < -0.39 is 0 Å². The molecule has 0 fully saturated rings. The highest BCUT2D eigenvalue weighted by molar-refractivity contribution is 5.51. The van der Waals surface area contributed by atoms with Gasteiger partial charge in [0.05, 0.1) is 0 Å². The monoisotopic (exact) mass is 238 g/mol. The molecule has 0 saturated carbocycles. The highest BCUT2D eigenvalue weighted by Crippen LogP contribution is 2.25. The number of phenols is 1. The number of allylic oxidation sites excluding steroid dienone is 1. The third kappa shape index (κ3) is 2.80. The number of benzene rings is 2. The number of aryl methyl sites for hydroxylation is 1. The number of rotatable bonds is 3. The highest BCUT2D eigenvalue weighted by atomic mass is 16.3. The predicted octanol–water partition coefficient (Wildman–Crippen LogP) is 4.26. The molecule has 0 amide bonds. The maximum Gasteiger partial charge on any atom is 0.122 e. The molecule has 0 aromatic heterocycles. The van der Waals surface area contributed by atoms with Crippen molar-refractivity contribution in [1.29, 1.82) is 0 Å². The van der Waals surface area contributed by atoms with E-state index in [1.165, 1.54) is 5.56 Å². The number of hydrogen-bond acceptors (Lipinski definition) is 1. The van der Waals surface area contributed by atoms with E-state index in [1.54, 1.807) is 0 Å². The summed E-state index contributed by atoms with van der Waals surface area (Å²) in [5.41, 5.74) is 4.26. The van der Waals surface area contributed by atoms with Crippen LogP contribution in [0.3, 0.4) is 0 Å². The van der Waals surface area contributed by atoms with Crippen LogP contribution in [0.25, 0.3) is 6.08 Å². The number of hydrogen-bond donors (Lipinski definition) is 1. The van der Waals surface area contributed by atoms with Gasteiger partial charge in [-0.2, -0.15) is 0 Å². The molecule has 0 heterocycles. The quantitative estimate of drug-likeness (QED) is 0.846. The fourth-order valence-electron chi connectivity index (χ4n) is 1.91. The molecule has 1 N–H and O–H groups in total. The van der Waals surface area contributed by atoms with Crippen molar-refractivity contribution in [2.45, 2.75) is 20.3 Å². The largest absolute Gasteiger partial charge is 0.507 e. The van der Waals surface area contributed by atoms with Gasteiger partial charge in [0.2, 0.25) is 0 Å². The molecule has 2 rings (SSSR count). The summed E-state index contributed by atoms with van der Waals surface area (Å²) in [6.45, 7) is 3.97. The Bertz CT molecular complexity index is 553. The second-order valence-corrected chi connectivity index (χ2v) is 4.53. The maximum absolute atomic E-state index is 10.0. The van der Waals surface area contributed by atoms with Crippen LogP contribution in [0.5, 0.6) is 5.75 Å². The average Bonchev–Trinajstić information content (AvgIpc) is 2.40. The molecule has 0 radical (unpaired) electrons. The molecule has 0 unspecified atom stereocenters. The summed E-state index contributed by atoms with van der Waals surface area (Å²) >= 11 is 0. The van der Waals surface area contributed by atoms with Crippen molar-refractivity contribution >= 4 is 6.08 Å². The Morgan fingerprint density at radius 1 is 1.00 bits per heavy atom. The zero-order valence-electron chi connectivity index (χ0n) is 10.9. The number of aromatic hydroxyl groups is 1. The molecule has 2 aromatic rings. The highest BCUT2D eigenvalue weighted by Gasteiger charge is 2.04. The van der Waals surface area contributed by atoms with Gasteiger partial charge in [-0.1, -0.05) is 54.6 Å². The Labute approximate surface area is 108 Å². The second-order valence-electron chi connectivity index (χ2n) is 4.53. The van der Waals surface area contributed by atoms with E-state index in [4.69, 9.17) is 0 Å². The zero-order chi connectivity index (χ0) is 13.0. The summed E-state index contributed by atoms with van der Waals surface area (Å²) in [5.74, 6) is 0.424. The van der Waals surface area contributed by atoms with E-state index in [-0.39, 0.29) is 0 Å². The molecule has 92 valence electrons. The first kappa shape index (κ1) is 12.4. The summed E-state index contributed by atoms with van der Waals surface area (Å²) < 4.78 is 0. The van der Waals surface area contributed by atoms with Crippen LogP contribution >= 0.6 is 0 Å². The topological polar surface area (TPSA) is 20.2 Å². The lowest BCUT2D eigenvalue weighted by Crippen LogP contribution is -1.88. The summed E-state index contributed by atoms with van der Waals surface area (Å²) in [6, 6.07) is 14.2. The Kier molecular flexibility index (Phi) is 3.83. The standard InChI is InChI=1S/C17H18O/c1-13-11-12-16(17(18)14(13)2)10-6-9-15-7-4-3-5-8-15/h3-9,11-12,18H,10H2,1-2H3/b9-6+. The van der Waals surface area contributed by atoms with E-state index in [0.717, 1.165) is 23.1 Å². The summed E-state index contributed by atoms with van der Waals surface area (Å²) in [5, 5.41) is 10.0. The third-order valence-electron chi connectivity index (χ3n) is 3.23. The minimum atomic E-state index is 0.424. The Hall–Kier alpha value is -2.02. The smallest absolute Gasteiger partial charge is 0.122 e. The van der Waals surface area contributed by atoms with Gasteiger partial charge in [0, 0.05) is 0 Å². The van der Waals surface area contributed by atoms with E-state index in [1.807, 2.05) is 38.1 Å². The van der Waals surface area contributed by atoms with Crippen molar-refractivity contribution in [3.05, 3.63) is 70.8 Å². The predicted molar refractivity (Wildman–Crippen MR) is 76.8 cm³/mol. The van der Waals surface area contributed by atoms with Crippen LogP contribution in [-0.4, -0.2) is 5.11 Å². The van der Waals surface area contributed by atoms with Crippen molar-refractivity contribution in [3.8, 4) is 5.75 Å². The third-order valence-corrected chi connectivity index (χ3v) is 3.23. The van der Waals surface area contributed by atoms with Crippen LogP contribution < -0.4 is 0 Å². The molecule has 1 heteroatoms.